The Bertz CT molecular complexity index is 514. The molecule has 0 aliphatic carbocycles. The van der Waals surface area contributed by atoms with Crippen LogP contribution in [0.1, 0.15) is 0 Å². The molecule has 122 valence electrons. The Labute approximate surface area is 113 Å². The van der Waals surface area contributed by atoms with Gasteiger partial charge in [0.25, 0.3) is 11.8 Å². The lowest BCUT2D eigenvalue weighted by atomic mass is 10.2. The summed E-state index contributed by atoms with van der Waals surface area (Å²) in [7, 11) is -5.61. The minimum Gasteiger partial charge on any atom is -0.312 e. The molecule has 0 spiro atoms. The predicted molar refractivity (Wildman–Crippen MR) is 52.4 cm³/mol. The van der Waals surface area contributed by atoms with Crippen molar-refractivity contribution in [3.63, 3.8) is 0 Å². The topological polar surface area (TPSA) is 101 Å². The first-order valence-electron chi connectivity index (χ1n) is 4.94. The van der Waals surface area contributed by atoms with E-state index in [4.69, 9.17) is 5.73 Å². The van der Waals surface area contributed by atoms with E-state index in [1.165, 1.54) is 0 Å². The number of hydrogen-bond donors (Lipinski definition) is 1. The van der Waals surface area contributed by atoms with Crippen molar-refractivity contribution >= 4 is 22.0 Å². The molecule has 2 N–H and O–H groups in total. The van der Waals surface area contributed by atoms with Crippen LogP contribution in [0.4, 0.5) is 26.3 Å². The third-order valence-electron chi connectivity index (χ3n) is 2.23. The van der Waals surface area contributed by atoms with Crippen molar-refractivity contribution in [3.8, 4) is 0 Å². The fraction of sp³-hybridized carbons (Fsp3) is 0.714. The number of alkyl halides is 6. The Morgan fingerprint density at radius 3 is 1.43 bits per heavy atom. The van der Waals surface area contributed by atoms with Crippen LogP contribution in [-0.4, -0.2) is 60.3 Å². The molecular weight excluding hydrogens is 336 g/mol. The smallest absolute Gasteiger partial charge is 0.312 e. The van der Waals surface area contributed by atoms with Crippen LogP contribution in [0.3, 0.4) is 0 Å². The Kier molecular flexibility index (Phi) is 4.17. The lowest BCUT2D eigenvalue weighted by molar-refractivity contribution is -0.164. The molecule has 2 amide bonds. The van der Waals surface area contributed by atoms with Crippen molar-refractivity contribution in [1.82, 2.24) is 8.61 Å². The average molecular weight is 343 g/mol. The van der Waals surface area contributed by atoms with Crippen molar-refractivity contribution in [3.05, 3.63) is 0 Å². The molecule has 7 nitrogen and oxygen atoms in total. The number of nitrogens with zero attached hydrogens (tertiary/aromatic N) is 2. The van der Waals surface area contributed by atoms with Crippen LogP contribution in [0.2, 0.25) is 0 Å². The molecule has 1 aliphatic rings. The zero-order valence-electron chi connectivity index (χ0n) is 9.77. The van der Waals surface area contributed by atoms with E-state index in [0.29, 0.717) is 0 Å². The van der Waals surface area contributed by atoms with Gasteiger partial charge in [0, 0.05) is 0 Å². The van der Waals surface area contributed by atoms with Crippen LogP contribution in [0.25, 0.3) is 0 Å². The van der Waals surface area contributed by atoms with Crippen LogP contribution in [0.15, 0.2) is 0 Å². The van der Waals surface area contributed by atoms with Gasteiger partial charge in [0.1, 0.15) is 13.1 Å². The first kappa shape index (κ1) is 17.5. The summed E-state index contributed by atoms with van der Waals surface area (Å²) in [6.45, 7) is -4.77. The molecule has 21 heavy (non-hydrogen) atoms. The van der Waals surface area contributed by atoms with E-state index < -0.39 is 62.1 Å². The van der Waals surface area contributed by atoms with Gasteiger partial charge in [-0.3, -0.25) is 9.59 Å². The van der Waals surface area contributed by atoms with Gasteiger partial charge in [0.05, 0.1) is 0 Å². The number of hydrogen-bond acceptors (Lipinski definition) is 5. The Morgan fingerprint density at radius 1 is 0.905 bits per heavy atom. The lowest BCUT2D eigenvalue weighted by Crippen LogP contribution is -2.67. The molecule has 1 heterocycles. The van der Waals surface area contributed by atoms with E-state index in [1.807, 2.05) is 0 Å². The molecule has 1 saturated heterocycles. The van der Waals surface area contributed by atoms with Gasteiger partial charge in [-0.1, -0.05) is 0 Å². The summed E-state index contributed by atoms with van der Waals surface area (Å²) in [5.74, 6) is -3.90. The van der Waals surface area contributed by atoms with Gasteiger partial charge >= 0.3 is 22.6 Å². The minimum atomic E-state index is -5.61. The lowest BCUT2D eigenvalue weighted by Gasteiger charge is -2.37. The Balaban J connectivity index is 3.28. The highest BCUT2D eigenvalue weighted by atomic mass is 32.2. The highest BCUT2D eigenvalue weighted by Crippen LogP contribution is 2.27. The van der Waals surface area contributed by atoms with E-state index in [2.05, 4.69) is 0 Å². The standard InChI is InChI=1S/C7H7F6N3O4S/c8-6(9,10)1-15-4(17)3(14)5(18)16(21(15,19)20)2-7(11,12)13/h3H,1-2,14H2. The predicted octanol–water partition coefficient (Wildman–Crippen LogP) is -0.646. The van der Waals surface area contributed by atoms with Gasteiger partial charge < -0.3 is 5.73 Å². The summed E-state index contributed by atoms with van der Waals surface area (Å²) in [5.41, 5.74) is 4.88. The SMILES string of the molecule is NC1C(=O)N(CC(F)(F)F)S(=O)(=O)N(CC(F)(F)F)C1=O. The number of halogens is 6. The largest absolute Gasteiger partial charge is 0.407 e. The second-order valence-electron chi connectivity index (χ2n) is 3.91. The Hall–Kier alpha value is -1.57. The van der Waals surface area contributed by atoms with Crippen LogP contribution >= 0.6 is 0 Å². The van der Waals surface area contributed by atoms with Gasteiger partial charge in [-0.25, -0.2) is 8.61 Å². The van der Waals surface area contributed by atoms with Gasteiger partial charge in [0.2, 0.25) is 0 Å². The van der Waals surface area contributed by atoms with E-state index in [-0.39, 0.29) is 0 Å². The fourth-order valence-corrected chi connectivity index (χ4v) is 2.95. The quantitative estimate of drug-likeness (QED) is 0.531. The van der Waals surface area contributed by atoms with E-state index >= 15 is 0 Å². The maximum absolute atomic E-state index is 12.2. The fourth-order valence-electron chi connectivity index (χ4n) is 1.41. The Morgan fingerprint density at radius 2 is 1.19 bits per heavy atom. The van der Waals surface area contributed by atoms with E-state index in [0.717, 1.165) is 0 Å². The average Bonchev–Trinajstić information content (AvgIpc) is 2.26. The summed E-state index contributed by atoms with van der Waals surface area (Å²) in [6.07, 6.45) is -10.4. The minimum absolute atomic E-state index is 0.898. The van der Waals surface area contributed by atoms with Gasteiger partial charge in [-0.15, -0.1) is 0 Å². The molecule has 0 radical (unpaired) electrons. The van der Waals surface area contributed by atoms with Gasteiger partial charge in [-0.2, -0.15) is 34.8 Å². The molecule has 0 aromatic heterocycles. The number of amides is 2. The van der Waals surface area contributed by atoms with Crippen molar-refractivity contribution in [2.75, 3.05) is 13.1 Å². The van der Waals surface area contributed by atoms with E-state index in [9.17, 15) is 44.3 Å². The van der Waals surface area contributed by atoms with Crippen LogP contribution < -0.4 is 5.73 Å². The van der Waals surface area contributed by atoms with Crippen LogP contribution in [-0.2, 0) is 19.8 Å². The van der Waals surface area contributed by atoms with Crippen molar-refractivity contribution in [2.45, 2.75) is 18.4 Å². The first-order chi connectivity index (χ1) is 9.17. The summed E-state index contributed by atoms with van der Waals surface area (Å²) in [6, 6.07) is -2.46. The number of carbonyl (C=O) groups is 2. The molecular formula is C7H7F6N3O4S. The van der Waals surface area contributed by atoms with Crippen molar-refractivity contribution in [2.24, 2.45) is 5.73 Å². The number of nitrogens with two attached hydrogens (primary N) is 1. The van der Waals surface area contributed by atoms with Gasteiger partial charge in [0.15, 0.2) is 6.04 Å². The highest BCUT2D eigenvalue weighted by molar-refractivity contribution is 7.88. The van der Waals surface area contributed by atoms with Crippen LogP contribution in [0.5, 0.6) is 0 Å². The molecule has 0 saturated carbocycles. The molecule has 0 atom stereocenters. The molecule has 1 aliphatic heterocycles. The zero-order valence-corrected chi connectivity index (χ0v) is 10.6. The van der Waals surface area contributed by atoms with Crippen LogP contribution in [0, 0.1) is 0 Å². The normalized spacial score (nSPS) is 21.1. The molecule has 14 heteroatoms. The summed E-state index contributed by atoms with van der Waals surface area (Å²) < 4.78 is 94.7. The first-order valence-corrected chi connectivity index (χ1v) is 6.34. The third-order valence-corrected chi connectivity index (χ3v) is 3.96. The summed E-state index contributed by atoms with van der Waals surface area (Å²) in [4.78, 5) is 22.7. The maximum Gasteiger partial charge on any atom is 0.407 e. The maximum atomic E-state index is 12.2. The van der Waals surface area contributed by atoms with Gasteiger partial charge in [-0.05, 0) is 0 Å². The molecule has 0 bridgehead atoms. The second kappa shape index (κ2) is 5.01. The molecule has 0 unspecified atom stereocenters. The summed E-state index contributed by atoms with van der Waals surface area (Å²) in [5, 5.41) is 0. The number of rotatable bonds is 2. The monoisotopic (exact) mass is 343 g/mol. The van der Waals surface area contributed by atoms with Crippen molar-refractivity contribution < 1.29 is 44.3 Å². The number of carbonyl (C=O) groups excluding carboxylic acids is 2. The summed E-state index contributed by atoms with van der Waals surface area (Å²) >= 11 is 0. The molecule has 1 fully saturated rings. The van der Waals surface area contributed by atoms with E-state index in [1.54, 1.807) is 0 Å². The molecule has 0 aromatic rings. The van der Waals surface area contributed by atoms with Crippen molar-refractivity contribution in [1.29, 1.82) is 0 Å². The second-order valence-corrected chi connectivity index (χ2v) is 5.68. The zero-order chi connectivity index (χ0) is 16.8. The molecule has 0 aromatic carbocycles. The molecule has 1 rings (SSSR count). The highest BCUT2D eigenvalue weighted by Gasteiger charge is 2.54. The third kappa shape index (κ3) is 3.75.